The van der Waals surface area contributed by atoms with Gasteiger partial charge >= 0.3 is 31.0 Å². The van der Waals surface area contributed by atoms with E-state index in [-0.39, 0.29) is 46.4 Å². The molecule has 0 aliphatic rings. The van der Waals surface area contributed by atoms with Crippen LogP contribution >= 0.6 is 15.9 Å². The van der Waals surface area contributed by atoms with Crippen molar-refractivity contribution >= 4 is 21.9 Å². The minimum atomic E-state index is -4.63. The minimum Gasteiger partial charge on any atom is -0.870 e. The first-order valence-electron chi connectivity index (χ1n) is 5.96. The standard InChI is InChI=1S/C14H11BrF3NO2.Li.2H2O/c1-8-10(15)11(13(20)21)19(12(8)14(16,17)18)7-9-5-3-2-4-6-9;;;/h2-6H,7H2,1H3,(H,20,21);;2*1H2/q;+1;;/p-1. The molecular formula is C14H14BrF3LiNO4. The quantitative estimate of drug-likeness (QED) is 0.746. The van der Waals surface area contributed by atoms with Gasteiger partial charge in [-0.25, -0.2) is 4.79 Å². The van der Waals surface area contributed by atoms with Gasteiger partial charge in [-0.2, -0.15) is 13.2 Å². The van der Waals surface area contributed by atoms with Crippen LogP contribution in [0.5, 0.6) is 0 Å². The summed E-state index contributed by atoms with van der Waals surface area (Å²) < 4.78 is 40.4. The Morgan fingerprint density at radius 3 is 2.17 bits per heavy atom. The van der Waals surface area contributed by atoms with Crippen LogP contribution in [-0.2, 0) is 12.7 Å². The van der Waals surface area contributed by atoms with Gasteiger partial charge in [-0.05, 0) is 34.0 Å². The monoisotopic (exact) mass is 403 g/mol. The van der Waals surface area contributed by atoms with Gasteiger partial charge in [0.25, 0.3) is 0 Å². The Labute approximate surface area is 156 Å². The molecule has 2 rings (SSSR count). The number of halogens is 4. The van der Waals surface area contributed by atoms with Crippen LogP contribution in [-0.4, -0.2) is 26.6 Å². The fourth-order valence-corrected chi connectivity index (χ4v) is 2.78. The average Bonchev–Trinajstić information content (AvgIpc) is 2.62. The number of carboxylic acid groups (broad SMARTS) is 1. The molecule has 0 amide bonds. The summed E-state index contributed by atoms with van der Waals surface area (Å²) in [6, 6.07) is 8.41. The van der Waals surface area contributed by atoms with E-state index in [2.05, 4.69) is 15.9 Å². The Balaban J connectivity index is 0. The molecule has 0 unspecified atom stereocenters. The summed E-state index contributed by atoms with van der Waals surface area (Å²) in [4.78, 5) is 11.3. The molecule has 0 spiro atoms. The number of nitrogens with zero attached hydrogens (tertiary/aromatic N) is 1. The van der Waals surface area contributed by atoms with Gasteiger partial charge in [0.1, 0.15) is 11.4 Å². The van der Waals surface area contributed by atoms with Crippen molar-refractivity contribution in [2.45, 2.75) is 19.6 Å². The summed E-state index contributed by atoms with van der Waals surface area (Å²) in [6.07, 6.45) is -4.63. The Bertz CT molecular complexity index is 690. The maximum Gasteiger partial charge on any atom is 1.00 e. The number of hydrogen-bond acceptors (Lipinski definition) is 2. The molecule has 10 heteroatoms. The number of alkyl halides is 3. The van der Waals surface area contributed by atoms with Gasteiger partial charge in [-0.15, -0.1) is 0 Å². The smallest absolute Gasteiger partial charge is 0.870 e. The van der Waals surface area contributed by atoms with E-state index in [1.54, 1.807) is 30.3 Å². The van der Waals surface area contributed by atoms with E-state index in [9.17, 15) is 23.1 Å². The van der Waals surface area contributed by atoms with Crippen molar-refractivity contribution < 1.29 is 52.9 Å². The normalized spacial score (nSPS) is 10.2. The van der Waals surface area contributed by atoms with E-state index >= 15 is 0 Å². The van der Waals surface area contributed by atoms with Crippen LogP contribution in [0.15, 0.2) is 34.8 Å². The van der Waals surface area contributed by atoms with Crippen LogP contribution in [0.2, 0.25) is 0 Å². The summed E-state index contributed by atoms with van der Waals surface area (Å²) in [5, 5.41) is 9.21. The van der Waals surface area contributed by atoms with Crippen LogP contribution in [0.3, 0.4) is 0 Å². The third kappa shape index (κ3) is 4.88. The average molecular weight is 404 g/mol. The van der Waals surface area contributed by atoms with Crippen LogP contribution in [0.25, 0.3) is 0 Å². The van der Waals surface area contributed by atoms with E-state index < -0.39 is 23.5 Å². The summed E-state index contributed by atoms with van der Waals surface area (Å²) in [7, 11) is 0. The first-order valence-corrected chi connectivity index (χ1v) is 6.75. The van der Waals surface area contributed by atoms with E-state index in [0.717, 1.165) is 4.57 Å². The number of aromatic carboxylic acids is 1. The number of carbonyl (C=O) groups is 1. The van der Waals surface area contributed by atoms with Crippen molar-refractivity contribution in [2.24, 2.45) is 0 Å². The number of rotatable bonds is 3. The molecule has 1 aromatic carbocycles. The number of benzene rings is 1. The molecule has 2 aromatic rings. The second-order valence-corrected chi connectivity index (χ2v) is 5.30. The van der Waals surface area contributed by atoms with Crippen molar-refractivity contribution in [3.05, 3.63) is 57.3 Å². The number of hydrogen-bond donors (Lipinski definition) is 1. The van der Waals surface area contributed by atoms with Crippen LogP contribution in [0.1, 0.15) is 27.3 Å². The molecule has 1 heterocycles. The second-order valence-electron chi connectivity index (χ2n) is 4.51. The molecule has 1 aromatic heterocycles. The van der Waals surface area contributed by atoms with Crippen molar-refractivity contribution in [3.8, 4) is 0 Å². The minimum absolute atomic E-state index is 0. The van der Waals surface area contributed by atoms with Crippen molar-refractivity contribution in [3.63, 3.8) is 0 Å². The molecule has 24 heavy (non-hydrogen) atoms. The maximum atomic E-state index is 13.2. The summed E-state index contributed by atoms with van der Waals surface area (Å²) in [5.41, 5.74) is -0.886. The van der Waals surface area contributed by atoms with Gasteiger partial charge in [-0.3, -0.25) is 0 Å². The number of aromatic nitrogens is 1. The number of carboxylic acids is 1. The molecule has 5 nitrogen and oxygen atoms in total. The zero-order chi connectivity index (χ0) is 15.8. The van der Waals surface area contributed by atoms with E-state index in [1.165, 1.54) is 6.92 Å². The fraction of sp³-hybridized carbons (Fsp3) is 0.214. The van der Waals surface area contributed by atoms with Gasteiger partial charge in [0.05, 0.1) is 4.47 Å². The fourth-order valence-electron chi connectivity index (χ4n) is 2.21. The van der Waals surface area contributed by atoms with Gasteiger partial charge in [0.2, 0.25) is 0 Å². The molecule has 0 saturated heterocycles. The maximum absolute atomic E-state index is 13.2. The summed E-state index contributed by atoms with van der Waals surface area (Å²) >= 11 is 2.96. The largest absolute Gasteiger partial charge is 1.00 e. The van der Waals surface area contributed by atoms with Crippen molar-refractivity contribution in [1.82, 2.24) is 4.57 Å². The summed E-state index contributed by atoms with van der Waals surface area (Å²) in [6.45, 7) is 1.09. The van der Waals surface area contributed by atoms with Gasteiger partial charge in [0, 0.05) is 6.54 Å². The van der Waals surface area contributed by atoms with Crippen molar-refractivity contribution in [1.29, 1.82) is 0 Å². The zero-order valence-electron chi connectivity index (χ0n) is 12.9. The Kier molecular flexibility index (Phi) is 9.68. The van der Waals surface area contributed by atoms with Gasteiger partial charge < -0.3 is 20.6 Å². The molecule has 0 radical (unpaired) electrons. The molecular weight excluding hydrogens is 390 g/mol. The molecule has 4 N–H and O–H groups in total. The van der Waals surface area contributed by atoms with Crippen molar-refractivity contribution in [2.75, 3.05) is 0 Å². The molecule has 128 valence electrons. The first kappa shape index (κ1) is 25.0. The molecule has 0 fully saturated rings. The Hall–Kier alpha value is -1.24. The molecule has 0 aliphatic carbocycles. The molecule has 0 bridgehead atoms. The van der Waals surface area contributed by atoms with Crippen LogP contribution in [0, 0.1) is 6.92 Å². The van der Waals surface area contributed by atoms with E-state index in [0.29, 0.717) is 5.56 Å². The Morgan fingerprint density at radius 2 is 1.75 bits per heavy atom. The molecule has 0 saturated carbocycles. The predicted octanol–water partition coefficient (Wildman–Crippen LogP) is 0.327. The van der Waals surface area contributed by atoms with E-state index in [4.69, 9.17) is 0 Å². The SMILES string of the molecule is Cc1c(Br)c(C(=O)O)n(Cc2ccccc2)c1C(F)(F)F.O.[Li+].[OH-]. The Morgan fingerprint density at radius 1 is 1.25 bits per heavy atom. The van der Waals surface area contributed by atoms with E-state index in [1.807, 2.05) is 0 Å². The predicted molar refractivity (Wildman–Crippen MR) is 79.9 cm³/mol. The van der Waals surface area contributed by atoms with Crippen LogP contribution in [0.4, 0.5) is 13.2 Å². The zero-order valence-corrected chi connectivity index (χ0v) is 14.4. The molecule has 0 atom stereocenters. The second kappa shape index (κ2) is 9.30. The topological polar surface area (TPSA) is 104 Å². The third-order valence-corrected chi connectivity index (χ3v) is 4.06. The van der Waals surface area contributed by atoms with Crippen LogP contribution < -0.4 is 18.9 Å². The first-order chi connectivity index (χ1) is 9.73. The van der Waals surface area contributed by atoms with Gasteiger partial charge in [0.15, 0.2) is 0 Å². The molecule has 0 aliphatic heterocycles. The third-order valence-electron chi connectivity index (χ3n) is 3.09. The van der Waals surface area contributed by atoms with Gasteiger partial charge in [-0.1, -0.05) is 30.3 Å². The summed E-state index contributed by atoms with van der Waals surface area (Å²) in [5.74, 6) is -1.41.